The Labute approximate surface area is 118 Å². The minimum atomic E-state index is -0.768. The predicted molar refractivity (Wildman–Crippen MR) is 69.5 cm³/mol. The lowest BCUT2D eigenvalue weighted by atomic mass is 9.86. The Bertz CT molecular complexity index is 426. The highest BCUT2D eigenvalue weighted by Crippen LogP contribution is 2.39. The van der Waals surface area contributed by atoms with Crippen molar-refractivity contribution in [2.24, 2.45) is 0 Å². The van der Waals surface area contributed by atoms with Gasteiger partial charge in [-0.2, -0.15) is 5.06 Å². The molecule has 7 heteroatoms. The van der Waals surface area contributed by atoms with E-state index < -0.39 is 11.7 Å². The van der Waals surface area contributed by atoms with Crippen LogP contribution < -0.4 is 0 Å². The molecule has 0 saturated carbocycles. The van der Waals surface area contributed by atoms with E-state index in [1.54, 1.807) is 26.0 Å². The Morgan fingerprint density at radius 3 is 2.60 bits per heavy atom. The summed E-state index contributed by atoms with van der Waals surface area (Å²) in [5.74, 6) is 0.217. The normalized spacial score (nSPS) is 22.1. The van der Waals surface area contributed by atoms with E-state index in [9.17, 15) is 9.59 Å². The molecular formula is C13H20N2O5. The molecule has 20 heavy (non-hydrogen) atoms. The fraction of sp³-hybridized carbons (Fsp3) is 0.692. The summed E-state index contributed by atoms with van der Waals surface area (Å²) in [5, 5.41) is 1.82. The smallest absolute Gasteiger partial charge is 0.434 e. The molecule has 0 N–H and O–H groups in total. The van der Waals surface area contributed by atoms with Gasteiger partial charge in [-0.15, -0.1) is 0 Å². The SMILES string of the molecule is CCOC(=O)OC1=CC(=O)N(C)C12CCN(OC)CC2. The first kappa shape index (κ1) is 14.8. The van der Waals surface area contributed by atoms with E-state index >= 15 is 0 Å². The van der Waals surface area contributed by atoms with Crippen molar-refractivity contribution in [1.29, 1.82) is 0 Å². The lowest BCUT2D eigenvalue weighted by molar-refractivity contribution is -0.162. The lowest BCUT2D eigenvalue weighted by Crippen LogP contribution is -2.53. The Morgan fingerprint density at radius 2 is 2.05 bits per heavy atom. The van der Waals surface area contributed by atoms with Crippen LogP contribution in [0.2, 0.25) is 0 Å². The summed E-state index contributed by atoms with van der Waals surface area (Å²) in [5.41, 5.74) is -0.571. The molecule has 0 atom stereocenters. The molecule has 1 fully saturated rings. The molecule has 1 saturated heterocycles. The van der Waals surface area contributed by atoms with Crippen molar-refractivity contribution in [3.8, 4) is 0 Å². The number of amides is 1. The first-order chi connectivity index (χ1) is 9.53. The highest BCUT2D eigenvalue weighted by molar-refractivity contribution is 5.92. The maximum atomic E-state index is 11.9. The van der Waals surface area contributed by atoms with Gasteiger partial charge in [0.05, 0.1) is 13.7 Å². The number of carbonyl (C=O) groups is 2. The molecule has 1 amide bonds. The minimum Gasteiger partial charge on any atom is -0.434 e. The molecule has 2 rings (SSSR count). The molecule has 112 valence electrons. The van der Waals surface area contributed by atoms with E-state index in [-0.39, 0.29) is 12.5 Å². The van der Waals surface area contributed by atoms with Crippen LogP contribution in [0, 0.1) is 0 Å². The van der Waals surface area contributed by atoms with Crippen LogP contribution in [-0.2, 0) is 19.1 Å². The monoisotopic (exact) mass is 284 g/mol. The van der Waals surface area contributed by atoms with Gasteiger partial charge in [0.15, 0.2) is 0 Å². The van der Waals surface area contributed by atoms with E-state index in [2.05, 4.69) is 0 Å². The summed E-state index contributed by atoms with van der Waals surface area (Å²) in [6.45, 7) is 3.27. The third kappa shape index (κ3) is 2.51. The van der Waals surface area contributed by atoms with Gasteiger partial charge in [-0.3, -0.25) is 4.79 Å². The first-order valence-electron chi connectivity index (χ1n) is 6.67. The zero-order chi connectivity index (χ0) is 14.8. The van der Waals surface area contributed by atoms with Crippen molar-refractivity contribution < 1.29 is 23.9 Å². The first-order valence-corrected chi connectivity index (χ1v) is 6.67. The van der Waals surface area contributed by atoms with Crippen LogP contribution in [0.1, 0.15) is 19.8 Å². The van der Waals surface area contributed by atoms with Crippen molar-refractivity contribution in [2.45, 2.75) is 25.3 Å². The molecule has 2 aliphatic heterocycles. The number of piperidine rings is 1. The highest BCUT2D eigenvalue weighted by atomic mass is 16.7. The molecule has 2 heterocycles. The molecule has 0 unspecified atom stereocenters. The van der Waals surface area contributed by atoms with E-state index in [1.165, 1.54) is 6.08 Å². The summed E-state index contributed by atoms with van der Waals surface area (Å²) in [4.78, 5) is 30.3. The number of nitrogens with zero attached hydrogens (tertiary/aromatic N) is 2. The number of likely N-dealkylation sites (N-methyl/N-ethyl adjacent to an activating group) is 1. The Hall–Kier alpha value is -1.60. The third-order valence-corrected chi connectivity index (χ3v) is 3.95. The molecule has 0 aromatic rings. The summed E-state index contributed by atoms with van der Waals surface area (Å²) in [7, 11) is 3.34. The fourth-order valence-electron chi connectivity index (χ4n) is 2.70. The molecule has 0 bridgehead atoms. The minimum absolute atomic E-state index is 0.157. The molecule has 0 aromatic heterocycles. The van der Waals surface area contributed by atoms with Crippen LogP contribution in [0.4, 0.5) is 4.79 Å². The van der Waals surface area contributed by atoms with Crippen molar-refractivity contribution in [3.05, 3.63) is 11.8 Å². The second-order valence-electron chi connectivity index (χ2n) is 4.83. The zero-order valence-electron chi connectivity index (χ0n) is 12.0. The maximum Gasteiger partial charge on any atom is 0.513 e. The predicted octanol–water partition coefficient (Wildman–Crippen LogP) is 0.911. The standard InChI is InChI=1S/C13H20N2O5/c1-4-19-12(17)20-10-9-11(16)14(2)13(10)5-7-15(18-3)8-6-13/h9H,4-8H2,1-3H3. The number of hydrogen-bond donors (Lipinski definition) is 0. The number of hydroxylamine groups is 2. The van der Waals surface area contributed by atoms with Gasteiger partial charge in [0, 0.05) is 26.2 Å². The molecule has 2 aliphatic rings. The van der Waals surface area contributed by atoms with Crippen LogP contribution in [0.5, 0.6) is 0 Å². The lowest BCUT2D eigenvalue weighted by Gasteiger charge is -2.43. The van der Waals surface area contributed by atoms with Crippen LogP contribution in [0.3, 0.4) is 0 Å². The maximum absolute atomic E-state index is 11.9. The van der Waals surface area contributed by atoms with E-state index in [1.807, 2.05) is 5.06 Å². The number of carbonyl (C=O) groups excluding carboxylic acids is 2. The summed E-state index contributed by atoms with van der Waals surface area (Å²) in [6, 6.07) is 0. The average Bonchev–Trinajstić information content (AvgIpc) is 2.65. The van der Waals surface area contributed by atoms with Gasteiger partial charge < -0.3 is 19.2 Å². The molecule has 0 aliphatic carbocycles. The van der Waals surface area contributed by atoms with Gasteiger partial charge in [-0.25, -0.2) is 4.79 Å². The number of hydrogen-bond acceptors (Lipinski definition) is 6. The van der Waals surface area contributed by atoms with Gasteiger partial charge in [0.25, 0.3) is 5.91 Å². The van der Waals surface area contributed by atoms with Gasteiger partial charge in [0.1, 0.15) is 11.3 Å². The molecule has 1 spiro atoms. The van der Waals surface area contributed by atoms with Gasteiger partial charge in [-0.05, 0) is 19.8 Å². The van der Waals surface area contributed by atoms with Crippen LogP contribution >= 0.6 is 0 Å². The fourth-order valence-corrected chi connectivity index (χ4v) is 2.70. The number of ether oxygens (including phenoxy) is 2. The molecular weight excluding hydrogens is 264 g/mol. The number of rotatable bonds is 3. The summed E-state index contributed by atoms with van der Waals surface area (Å²) >= 11 is 0. The van der Waals surface area contributed by atoms with Crippen molar-refractivity contribution in [1.82, 2.24) is 9.96 Å². The van der Waals surface area contributed by atoms with Crippen LogP contribution in [0.15, 0.2) is 11.8 Å². The Balaban J connectivity index is 2.14. The summed E-state index contributed by atoms with van der Waals surface area (Å²) in [6.07, 6.45) is 1.90. The second kappa shape index (κ2) is 5.80. The average molecular weight is 284 g/mol. The van der Waals surface area contributed by atoms with Crippen molar-refractivity contribution in [2.75, 3.05) is 33.9 Å². The van der Waals surface area contributed by atoms with Gasteiger partial charge in [-0.1, -0.05) is 0 Å². The topological polar surface area (TPSA) is 68.3 Å². The molecule has 7 nitrogen and oxygen atoms in total. The van der Waals surface area contributed by atoms with Crippen LogP contribution in [-0.4, -0.2) is 61.4 Å². The quantitative estimate of drug-likeness (QED) is 0.718. The zero-order valence-corrected chi connectivity index (χ0v) is 12.0. The largest absolute Gasteiger partial charge is 0.513 e. The van der Waals surface area contributed by atoms with E-state index in [0.717, 1.165) is 0 Å². The Morgan fingerprint density at radius 1 is 1.40 bits per heavy atom. The summed E-state index contributed by atoms with van der Waals surface area (Å²) < 4.78 is 10.0. The van der Waals surface area contributed by atoms with Crippen molar-refractivity contribution >= 4 is 12.1 Å². The third-order valence-electron chi connectivity index (χ3n) is 3.95. The van der Waals surface area contributed by atoms with Crippen molar-refractivity contribution in [3.63, 3.8) is 0 Å². The van der Waals surface area contributed by atoms with E-state index in [0.29, 0.717) is 31.7 Å². The molecule has 0 radical (unpaired) electrons. The Kier molecular flexibility index (Phi) is 4.29. The molecule has 0 aromatic carbocycles. The van der Waals surface area contributed by atoms with E-state index in [4.69, 9.17) is 14.3 Å². The van der Waals surface area contributed by atoms with Gasteiger partial charge in [0.2, 0.25) is 0 Å². The van der Waals surface area contributed by atoms with Gasteiger partial charge >= 0.3 is 6.16 Å². The second-order valence-corrected chi connectivity index (χ2v) is 4.83. The highest BCUT2D eigenvalue weighted by Gasteiger charge is 2.50. The van der Waals surface area contributed by atoms with Crippen LogP contribution in [0.25, 0.3) is 0 Å².